The van der Waals surface area contributed by atoms with E-state index in [4.69, 9.17) is 4.74 Å². The van der Waals surface area contributed by atoms with E-state index in [0.717, 1.165) is 38.4 Å². The minimum Gasteiger partial charge on any atom is -0.366 e. The summed E-state index contributed by atoms with van der Waals surface area (Å²) in [4.78, 5) is 10.3. The Hall–Kier alpha value is -0.890. The van der Waals surface area contributed by atoms with Gasteiger partial charge in [-0.1, -0.05) is 23.3 Å². The fourth-order valence-corrected chi connectivity index (χ4v) is 2.39. The van der Waals surface area contributed by atoms with Crippen LogP contribution in [0.25, 0.3) is 0 Å². The van der Waals surface area contributed by atoms with E-state index < -0.39 is 0 Å². The van der Waals surface area contributed by atoms with Crippen molar-refractivity contribution in [3.8, 4) is 0 Å². The number of epoxide rings is 1. The summed E-state index contributed by atoms with van der Waals surface area (Å²) < 4.78 is 5.70. The molecule has 0 aromatic heterocycles. The van der Waals surface area contributed by atoms with Gasteiger partial charge < -0.3 is 9.53 Å². The van der Waals surface area contributed by atoms with Crippen LogP contribution in [-0.2, 0) is 9.53 Å². The molecule has 1 aliphatic rings. The van der Waals surface area contributed by atoms with Crippen LogP contribution >= 0.6 is 0 Å². The summed E-state index contributed by atoms with van der Waals surface area (Å²) in [5, 5.41) is 0. The molecule has 2 atom stereocenters. The third-order valence-corrected chi connectivity index (χ3v) is 3.81. The first kappa shape index (κ1) is 16.2. The average Bonchev–Trinajstić information content (AvgIpc) is 2.97. The molecule has 0 N–H and O–H groups in total. The van der Waals surface area contributed by atoms with Crippen molar-refractivity contribution in [1.29, 1.82) is 0 Å². The number of ether oxygens (including phenoxy) is 1. The summed E-state index contributed by atoms with van der Waals surface area (Å²) in [6, 6.07) is 0. The van der Waals surface area contributed by atoms with Gasteiger partial charge in [0.15, 0.2) is 0 Å². The van der Waals surface area contributed by atoms with Gasteiger partial charge in [0.1, 0.15) is 6.29 Å². The molecule has 1 saturated heterocycles. The summed E-state index contributed by atoms with van der Waals surface area (Å²) in [5.74, 6) is 0. The van der Waals surface area contributed by atoms with E-state index >= 15 is 0 Å². The van der Waals surface area contributed by atoms with Gasteiger partial charge in [0.05, 0.1) is 11.7 Å². The van der Waals surface area contributed by atoms with Crippen LogP contribution in [0.15, 0.2) is 23.3 Å². The van der Waals surface area contributed by atoms with Crippen molar-refractivity contribution in [3.63, 3.8) is 0 Å². The molecule has 1 aliphatic heterocycles. The van der Waals surface area contributed by atoms with Gasteiger partial charge in [0.25, 0.3) is 0 Å². The van der Waals surface area contributed by atoms with Gasteiger partial charge in [-0.05, 0) is 59.8 Å². The lowest BCUT2D eigenvalue weighted by Gasteiger charge is -2.04. The third-order valence-electron chi connectivity index (χ3n) is 3.81. The van der Waals surface area contributed by atoms with E-state index in [0.29, 0.717) is 12.5 Å². The molecular weight excluding hydrogens is 236 g/mol. The second-order valence-corrected chi connectivity index (χ2v) is 6.07. The quantitative estimate of drug-likeness (QED) is 0.346. The van der Waals surface area contributed by atoms with E-state index in [1.165, 1.54) is 11.1 Å². The maximum atomic E-state index is 10.3. The highest BCUT2D eigenvalue weighted by Crippen LogP contribution is 2.42. The van der Waals surface area contributed by atoms with Crippen LogP contribution in [0, 0.1) is 0 Å². The van der Waals surface area contributed by atoms with E-state index in [-0.39, 0.29) is 5.60 Å². The Morgan fingerprint density at radius 3 is 2.53 bits per heavy atom. The van der Waals surface area contributed by atoms with Crippen molar-refractivity contribution in [2.24, 2.45) is 0 Å². The molecule has 0 amide bonds. The number of allylic oxidation sites excluding steroid dienone is 4. The standard InChI is InChI=1S/C17H28O2/c1-14(2)8-5-9-15(3)10-6-12-17(4)16(19-17)11-7-13-18/h8,10,13,16H,5-7,9,11-12H2,1-4H3/b15-10+/t16-,17-/m0/s1. The first-order chi connectivity index (χ1) is 8.98. The first-order valence-corrected chi connectivity index (χ1v) is 7.38. The molecule has 0 aromatic carbocycles. The highest BCUT2D eigenvalue weighted by molar-refractivity contribution is 5.49. The second-order valence-electron chi connectivity index (χ2n) is 6.07. The van der Waals surface area contributed by atoms with E-state index in [1.807, 2.05) is 0 Å². The van der Waals surface area contributed by atoms with Gasteiger partial charge in [-0.2, -0.15) is 0 Å². The lowest BCUT2D eigenvalue weighted by Crippen LogP contribution is -2.09. The Balaban J connectivity index is 2.19. The molecule has 0 radical (unpaired) electrons. The van der Waals surface area contributed by atoms with Gasteiger partial charge >= 0.3 is 0 Å². The molecule has 1 rings (SSSR count). The molecule has 19 heavy (non-hydrogen) atoms. The van der Waals surface area contributed by atoms with E-state index in [2.05, 4.69) is 39.8 Å². The lowest BCUT2D eigenvalue weighted by molar-refractivity contribution is -0.108. The summed E-state index contributed by atoms with van der Waals surface area (Å²) in [7, 11) is 0. The Kier molecular flexibility index (Phi) is 6.50. The monoisotopic (exact) mass is 264 g/mol. The summed E-state index contributed by atoms with van der Waals surface area (Å²) in [6.45, 7) is 8.65. The van der Waals surface area contributed by atoms with Crippen molar-refractivity contribution in [3.05, 3.63) is 23.3 Å². The number of rotatable bonds is 9. The second kappa shape index (κ2) is 7.64. The maximum absolute atomic E-state index is 10.3. The van der Waals surface area contributed by atoms with Crippen LogP contribution in [0.1, 0.15) is 66.2 Å². The van der Waals surface area contributed by atoms with Crippen LogP contribution < -0.4 is 0 Å². The Morgan fingerprint density at radius 1 is 1.16 bits per heavy atom. The predicted molar refractivity (Wildman–Crippen MR) is 80.2 cm³/mol. The molecule has 0 bridgehead atoms. The van der Waals surface area contributed by atoms with Crippen LogP contribution in [0.4, 0.5) is 0 Å². The number of hydrogen-bond donors (Lipinski definition) is 0. The highest BCUT2D eigenvalue weighted by Gasteiger charge is 2.50. The SMILES string of the molecule is CC(C)=CCC/C(C)=C/CC[C@]1(C)O[C@H]1CCC=O. The topological polar surface area (TPSA) is 29.6 Å². The molecular formula is C17H28O2. The highest BCUT2D eigenvalue weighted by atomic mass is 16.6. The number of hydrogen-bond acceptors (Lipinski definition) is 2. The molecule has 0 aromatic rings. The van der Waals surface area contributed by atoms with Crippen LogP contribution in [0.3, 0.4) is 0 Å². The van der Waals surface area contributed by atoms with Crippen molar-refractivity contribution in [1.82, 2.24) is 0 Å². The number of carbonyl (C=O) groups excluding carboxylic acids is 1. The number of carbonyl (C=O) groups is 1. The maximum Gasteiger partial charge on any atom is 0.120 e. The molecule has 2 nitrogen and oxygen atoms in total. The minimum absolute atomic E-state index is 0.0275. The molecule has 0 aliphatic carbocycles. The van der Waals surface area contributed by atoms with Crippen LogP contribution in [-0.4, -0.2) is 18.0 Å². The zero-order valence-corrected chi connectivity index (χ0v) is 12.9. The summed E-state index contributed by atoms with van der Waals surface area (Å²) in [5.41, 5.74) is 2.88. The summed E-state index contributed by atoms with van der Waals surface area (Å²) >= 11 is 0. The molecule has 0 saturated carbocycles. The van der Waals surface area contributed by atoms with Gasteiger partial charge in [-0.15, -0.1) is 0 Å². The molecule has 1 fully saturated rings. The molecule has 1 heterocycles. The smallest absolute Gasteiger partial charge is 0.120 e. The Labute approximate surface area is 117 Å². The Bertz CT molecular complexity index is 350. The third kappa shape index (κ3) is 6.20. The van der Waals surface area contributed by atoms with Crippen molar-refractivity contribution < 1.29 is 9.53 Å². The molecule has 2 heteroatoms. The minimum atomic E-state index is 0.0275. The van der Waals surface area contributed by atoms with Gasteiger partial charge in [0, 0.05) is 6.42 Å². The molecule has 0 unspecified atom stereocenters. The molecule has 0 spiro atoms. The fourth-order valence-electron chi connectivity index (χ4n) is 2.39. The average molecular weight is 264 g/mol. The van der Waals surface area contributed by atoms with Crippen molar-refractivity contribution in [2.45, 2.75) is 77.9 Å². The van der Waals surface area contributed by atoms with E-state index in [9.17, 15) is 4.79 Å². The fraction of sp³-hybridized carbons (Fsp3) is 0.706. The van der Waals surface area contributed by atoms with Gasteiger partial charge in [0.2, 0.25) is 0 Å². The van der Waals surface area contributed by atoms with Gasteiger partial charge in [-0.25, -0.2) is 0 Å². The van der Waals surface area contributed by atoms with Crippen molar-refractivity contribution in [2.75, 3.05) is 0 Å². The zero-order valence-electron chi connectivity index (χ0n) is 12.9. The van der Waals surface area contributed by atoms with Crippen LogP contribution in [0.2, 0.25) is 0 Å². The summed E-state index contributed by atoms with van der Waals surface area (Å²) in [6.07, 6.45) is 11.8. The van der Waals surface area contributed by atoms with Gasteiger partial charge in [-0.3, -0.25) is 0 Å². The zero-order chi connectivity index (χ0) is 14.3. The van der Waals surface area contributed by atoms with E-state index in [1.54, 1.807) is 0 Å². The first-order valence-electron chi connectivity index (χ1n) is 7.38. The van der Waals surface area contributed by atoms with Crippen LogP contribution in [0.5, 0.6) is 0 Å². The number of aldehydes is 1. The largest absolute Gasteiger partial charge is 0.366 e. The predicted octanol–water partition coefficient (Wildman–Crippen LogP) is 4.60. The molecule has 108 valence electrons. The normalized spacial score (nSPS) is 26.1. The Morgan fingerprint density at radius 2 is 1.89 bits per heavy atom. The lowest BCUT2D eigenvalue weighted by atomic mass is 9.97. The van der Waals surface area contributed by atoms with Crippen molar-refractivity contribution >= 4 is 6.29 Å².